The van der Waals surface area contributed by atoms with Crippen molar-refractivity contribution < 1.29 is 5.11 Å². The van der Waals surface area contributed by atoms with E-state index in [1.54, 1.807) is 28.0 Å². The van der Waals surface area contributed by atoms with Crippen molar-refractivity contribution in [1.82, 2.24) is 39.7 Å². The maximum atomic E-state index is 9.04. The zero-order chi connectivity index (χ0) is 18.9. The molecule has 0 fully saturated rings. The Morgan fingerprint density at radius 2 is 2.00 bits per heavy atom. The molecule has 0 bridgehead atoms. The number of aliphatic hydroxyl groups excluding tert-OH is 1. The number of fused-ring (bicyclic) bond motifs is 2. The summed E-state index contributed by atoms with van der Waals surface area (Å²) in [5.74, 6) is 0. The van der Waals surface area contributed by atoms with Crippen LogP contribution in [0.4, 0.5) is 0 Å². The topological polar surface area (TPSA) is 107 Å². The molecule has 4 heterocycles. The molecule has 0 aliphatic rings. The quantitative estimate of drug-likeness (QED) is 0.474. The van der Waals surface area contributed by atoms with Crippen molar-refractivity contribution in [2.75, 3.05) is 6.61 Å². The molecule has 0 saturated heterocycles. The molecule has 146 valence electrons. The van der Waals surface area contributed by atoms with E-state index in [1.807, 2.05) is 30.5 Å². The van der Waals surface area contributed by atoms with Crippen LogP contribution >= 0.6 is 12.4 Å². The molecule has 0 unspecified atom stereocenters. The second-order valence-electron chi connectivity index (χ2n) is 6.40. The predicted octanol–water partition coefficient (Wildman–Crippen LogP) is 2.10. The predicted molar refractivity (Wildman–Crippen MR) is 110 cm³/mol. The monoisotopic (exact) mass is 408 g/mol. The smallest absolute Gasteiger partial charge is 0.221 e. The van der Waals surface area contributed by atoms with E-state index in [9.17, 15) is 0 Å². The van der Waals surface area contributed by atoms with Crippen LogP contribution in [0.25, 0.3) is 33.5 Å². The number of aromatic nitrogens is 8. The molecule has 0 atom stereocenters. The summed E-state index contributed by atoms with van der Waals surface area (Å²) >= 11 is 0. The first-order valence-electron chi connectivity index (χ1n) is 8.84. The fourth-order valence-electron chi connectivity index (χ4n) is 3.12. The first-order valence-corrected chi connectivity index (χ1v) is 8.84. The minimum absolute atomic E-state index is 0. The van der Waals surface area contributed by atoms with Crippen LogP contribution in [0.1, 0.15) is 5.56 Å². The Kier molecular flexibility index (Phi) is 5.15. The molecule has 4 aromatic heterocycles. The Bertz CT molecular complexity index is 1280. The molecule has 1 N–H and O–H groups in total. The zero-order valence-corrected chi connectivity index (χ0v) is 16.1. The lowest BCUT2D eigenvalue weighted by Crippen LogP contribution is -2.03. The highest BCUT2D eigenvalue weighted by Crippen LogP contribution is 2.19. The second-order valence-corrected chi connectivity index (χ2v) is 6.40. The van der Waals surface area contributed by atoms with E-state index in [4.69, 9.17) is 5.11 Å². The number of halogens is 1. The summed E-state index contributed by atoms with van der Waals surface area (Å²) in [6.07, 6.45) is 6.97. The lowest BCUT2D eigenvalue weighted by molar-refractivity contribution is 0.269. The van der Waals surface area contributed by atoms with Gasteiger partial charge in [0.15, 0.2) is 5.65 Å². The van der Waals surface area contributed by atoms with Gasteiger partial charge in [0.05, 0.1) is 43.3 Å². The molecule has 0 aliphatic carbocycles. The summed E-state index contributed by atoms with van der Waals surface area (Å²) in [5.41, 5.74) is 4.65. The summed E-state index contributed by atoms with van der Waals surface area (Å²) in [4.78, 5) is 13.4. The highest BCUT2D eigenvalue weighted by molar-refractivity contribution is 5.85. The molecule has 9 nitrogen and oxygen atoms in total. The van der Waals surface area contributed by atoms with Gasteiger partial charge in [-0.1, -0.05) is 17.3 Å². The third-order valence-electron chi connectivity index (χ3n) is 4.49. The number of pyridine rings is 1. The minimum atomic E-state index is 0. The number of rotatable bonds is 5. The molecule has 0 amide bonds. The maximum Gasteiger partial charge on any atom is 0.221 e. The molecular formula is C19H17ClN8O. The standard InChI is InChI=1S/C19H16N8O.ClH/c28-7-6-26-12-15(9-22-26)17-10-21-18-19(23-17)27(25-24-18)11-13-3-4-16-14(8-13)2-1-5-20-16;/h1-5,8-10,12,28H,6-7,11H2;1H. The van der Waals surface area contributed by atoms with Gasteiger partial charge >= 0.3 is 0 Å². The van der Waals surface area contributed by atoms with Gasteiger partial charge in [0.25, 0.3) is 0 Å². The van der Waals surface area contributed by atoms with Gasteiger partial charge < -0.3 is 5.11 Å². The minimum Gasteiger partial charge on any atom is -0.394 e. The largest absolute Gasteiger partial charge is 0.394 e. The van der Waals surface area contributed by atoms with Gasteiger partial charge in [-0.05, 0) is 23.8 Å². The van der Waals surface area contributed by atoms with E-state index >= 15 is 0 Å². The van der Waals surface area contributed by atoms with Crippen LogP contribution in [0.15, 0.2) is 55.1 Å². The normalized spacial score (nSPS) is 11.1. The van der Waals surface area contributed by atoms with Crippen molar-refractivity contribution in [2.45, 2.75) is 13.1 Å². The van der Waals surface area contributed by atoms with Crippen molar-refractivity contribution in [1.29, 1.82) is 0 Å². The van der Waals surface area contributed by atoms with Gasteiger partial charge in [-0.3, -0.25) is 9.67 Å². The summed E-state index contributed by atoms with van der Waals surface area (Å²) < 4.78 is 3.40. The highest BCUT2D eigenvalue weighted by atomic mass is 35.5. The second kappa shape index (κ2) is 7.90. The highest BCUT2D eigenvalue weighted by Gasteiger charge is 2.12. The van der Waals surface area contributed by atoms with E-state index in [0.29, 0.717) is 30.1 Å². The number of hydrogen-bond acceptors (Lipinski definition) is 7. The molecule has 5 rings (SSSR count). The van der Waals surface area contributed by atoms with Crippen LogP contribution in [0, 0.1) is 0 Å². The molecule has 1 aromatic carbocycles. The first kappa shape index (κ1) is 18.9. The fraction of sp³-hybridized carbons (Fsp3) is 0.158. The molecule has 10 heteroatoms. The summed E-state index contributed by atoms with van der Waals surface area (Å²) in [6, 6.07) is 10.1. The third-order valence-corrected chi connectivity index (χ3v) is 4.49. The molecule has 0 radical (unpaired) electrons. The number of hydrogen-bond donors (Lipinski definition) is 1. The van der Waals surface area contributed by atoms with Crippen LogP contribution in [-0.4, -0.2) is 51.4 Å². The Hall–Kier alpha value is -3.43. The summed E-state index contributed by atoms with van der Waals surface area (Å²) in [6.45, 7) is 0.999. The molecule has 5 aromatic rings. The Morgan fingerprint density at radius 1 is 1.07 bits per heavy atom. The number of nitrogens with zero attached hydrogens (tertiary/aromatic N) is 8. The SMILES string of the molecule is Cl.OCCn1cc(-c2cnc3nnn(Cc4ccc5ncccc5c4)c3n2)cn1. The van der Waals surface area contributed by atoms with Crippen molar-refractivity contribution in [3.63, 3.8) is 0 Å². The van der Waals surface area contributed by atoms with Gasteiger partial charge in [-0.25, -0.2) is 14.6 Å². The van der Waals surface area contributed by atoms with Crippen LogP contribution in [0.5, 0.6) is 0 Å². The van der Waals surface area contributed by atoms with Crippen LogP contribution in [0.3, 0.4) is 0 Å². The zero-order valence-electron chi connectivity index (χ0n) is 15.3. The number of aliphatic hydroxyl groups is 1. The van der Waals surface area contributed by atoms with Gasteiger partial charge in [-0.2, -0.15) is 5.10 Å². The summed E-state index contributed by atoms with van der Waals surface area (Å²) in [7, 11) is 0. The Labute approximate surface area is 171 Å². The maximum absolute atomic E-state index is 9.04. The third kappa shape index (κ3) is 3.65. The van der Waals surface area contributed by atoms with E-state index in [0.717, 1.165) is 22.0 Å². The average molecular weight is 409 g/mol. The molecular weight excluding hydrogens is 392 g/mol. The molecule has 0 saturated carbocycles. The van der Waals surface area contributed by atoms with Crippen molar-refractivity contribution in [3.8, 4) is 11.3 Å². The molecule has 29 heavy (non-hydrogen) atoms. The van der Waals surface area contributed by atoms with Crippen molar-refractivity contribution >= 4 is 34.6 Å². The average Bonchev–Trinajstić information content (AvgIpc) is 3.35. The van der Waals surface area contributed by atoms with E-state index in [1.165, 1.54) is 0 Å². The van der Waals surface area contributed by atoms with Gasteiger partial charge in [-0.15, -0.1) is 17.5 Å². The van der Waals surface area contributed by atoms with Gasteiger partial charge in [0, 0.05) is 23.3 Å². The molecule has 0 aliphatic heterocycles. The van der Waals surface area contributed by atoms with Crippen LogP contribution in [-0.2, 0) is 13.1 Å². The van der Waals surface area contributed by atoms with Crippen LogP contribution < -0.4 is 0 Å². The Morgan fingerprint density at radius 3 is 2.90 bits per heavy atom. The van der Waals surface area contributed by atoms with Crippen molar-refractivity contribution in [2.24, 2.45) is 0 Å². The van der Waals surface area contributed by atoms with E-state index in [-0.39, 0.29) is 19.0 Å². The van der Waals surface area contributed by atoms with E-state index < -0.39 is 0 Å². The summed E-state index contributed by atoms with van der Waals surface area (Å²) in [5, 5.41) is 22.7. The van der Waals surface area contributed by atoms with Crippen molar-refractivity contribution in [3.05, 3.63) is 60.7 Å². The van der Waals surface area contributed by atoms with Gasteiger partial charge in [0.2, 0.25) is 5.65 Å². The molecule has 0 spiro atoms. The van der Waals surface area contributed by atoms with Gasteiger partial charge in [0.1, 0.15) is 0 Å². The Balaban J connectivity index is 0.00000205. The number of benzene rings is 1. The fourth-order valence-corrected chi connectivity index (χ4v) is 3.12. The lowest BCUT2D eigenvalue weighted by Gasteiger charge is -2.04. The first-order chi connectivity index (χ1) is 13.8. The van der Waals surface area contributed by atoms with E-state index in [2.05, 4.69) is 36.4 Å². The lowest BCUT2D eigenvalue weighted by atomic mass is 10.1. The van der Waals surface area contributed by atoms with Crippen LogP contribution in [0.2, 0.25) is 0 Å².